The van der Waals surface area contributed by atoms with Gasteiger partial charge >= 0.3 is 5.97 Å². The fraction of sp³-hybridized carbons (Fsp3) is 0.786. The van der Waals surface area contributed by atoms with Crippen LogP contribution in [0.4, 0.5) is 0 Å². The van der Waals surface area contributed by atoms with Gasteiger partial charge in [-0.25, -0.2) is 4.79 Å². The Morgan fingerprint density at radius 3 is 2.40 bits per heavy atom. The van der Waals surface area contributed by atoms with Gasteiger partial charge in [-0.15, -0.1) is 0 Å². The molecule has 0 saturated carbocycles. The molecule has 0 aliphatic carbocycles. The first kappa shape index (κ1) is 16.5. The zero-order valence-corrected chi connectivity index (χ0v) is 12.5. The molecular weight excluding hydrogens is 260 g/mol. The molecule has 114 valence electrons. The summed E-state index contributed by atoms with van der Waals surface area (Å²) < 4.78 is 0. The smallest absolute Gasteiger partial charge is 0.326 e. The van der Waals surface area contributed by atoms with Crippen molar-refractivity contribution in [3.63, 3.8) is 0 Å². The van der Waals surface area contributed by atoms with E-state index in [1.165, 1.54) is 0 Å². The number of carbonyl (C=O) groups is 3. The van der Waals surface area contributed by atoms with E-state index in [9.17, 15) is 14.4 Å². The highest BCUT2D eigenvalue weighted by Gasteiger charge is 2.36. The maximum atomic E-state index is 12.1. The van der Waals surface area contributed by atoms with Crippen LogP contribution in [0.15, 0.2) is 0 Å². The number of hydrogen-bond donors (Lipinski definition) is 2. The summed E-state index contributed by atoms with van der Waals surface area (Å²) in [4.78, 5) is 36.6. The second kappa shape index (κ2) is 6.72. The molecule has 6 nitrogen and oxygen atoms in total. The van der Waals surface area contributed by atoms with E-state index >= 15 is 0 Å². The molecule has 2 N–H and O–H groups in total. The molecule has 20 heavy (non-hydrogen) atoms. The van der Waals surface area contributed by atoms with Gasteiger partial charge in [0, 0.05) is 19.5 Å². The standard InChI is InChI=1S/C14H24N2O4/c1-8(2)6-16-7-10(5-11(16)17)13(18)15-12(9(3)4)14(19)20/h8-10,12H,5-7H2,1-4H3,(H,15,18)(H,19,20)/t10?,12-/m1/s1. The molecule has 2 amide bonds. The van der Waals surface area contributed by atoms with Crippen molar-refractivity contribution in [3.05, 3.63) is 0 Å². The maximum Gasteiger partial charge on any atom is 0.326 e. The van der Waals surface area contributed by atoms with Crippen molar-refractivity contribution >= 4 is 17.8 Å². The van der Waals surface area contributed by atoms with Crippen LogP contribution in [0.25, 0.3) is 0 Å². The lowest BCUT2D eigenvalue weighted by molar-refractivity contribution is -0.143. The molecule has 1 fully saturated rings. The number of carboxylic acid groups (broad SMARTS) is 1. The van der Waals surface area contributed by atoms with Gasteiger partial charge in [-0.05, 0) is 11.8 Å². The van der Waals surface area contributed by atoms with Crippen LogP contribution in [-0.2, 0) is 14.4 Å². The van der Waals surface area contributed by atoms with Crippen LogP contribution in [0, 0.1) is 17.8 Å². The topological polar surface area (TPSA) is 86.7 Å². The monoisotopic (exact) mass is 284 g/mol. The number of hydrogen-bond acceptors (Lipinski definition) is 3. The normalized spacial score (nSPS) is 20.6. The highest BCUT2D eigenvalue weighted by atomic mass is 16.4. The number of carbonyl (C=O) groups excluding carboxylic acids is 2. The fourth-order valence-corrected chi connectivity index (χ4v) is 2.35. The zero-order chi connectivity index (χ0) is 15.4. The molecule has 1 unspecified atom stereocenters. The molecule has 1 aliphatic heterocycles. The van der Waals surface area contributed by atoms with Gasteiger partial charge in [0.1, 0.15) is 6.04 Å². The van der Waals surface area contributed by atoms with Gasteiger partial charge in [0.25, 0.3) is 0 Å². The molecule has 1 heterocycles. The third kappa shape index (κ3) is 4.21. The Morgan fingerprint density at radius 2 is 1.95 bits per heavy atom. The van der Waals surface area contributed by atoms with Crippen molar-refractivity contribution in [1.29, 1.82) is 0 Å². The van der Waals surface area contributed by atoms with Crippen molar-refractivity contribution in [2.24, 2.45) is 17.8 Å². The Labute approximate surface area is 119 Å². The minimum atomic E-state index is -1.04. The highest BCUT2D eigenvalue weighted by molar-refractivity contribution is 5.91. The second-order valence-corrected chi connectivity index (χ2v) is 6.16. The predicted octanol–water partition coefficient (Wildman–Crippen LogP) is 0.716. The summed E-state index contributed by atoms with van der Waals surface area (Å²) in [5.74, 6) is -1.71. The van der Waals surface area contributed by atoms with Gasteiger partial charge in [0.15, 0.2) is 0 Å². The predicted molar refractivity (Wildman–Crippen MR) is 73.9 cm³/mol. The first-order valence-electron chi connectivity index (χ1n) is 7.03. The number of carboxylic acids is 1. The van der Waals surface area contributed by atoms with E-state index in [0.717, 1.165) is 0 Å². The molecule has 0 bridgehead atoms. The van der Waals surface area contributed by atoms with Gasteiger partial charge in [-0.1, -0.05) is 27.7 Å². The highest BCUT2D eigenvalue weighted by Crippen LogP contribution is 2.19. The van der Waals surface area contributed by atoms with Crippen LogP contribution in [0.1, 0.15) is 34.1 Å². The lowest BCUT2D eigenvalue weighted by Crippen LogP contribution is -2.47. The van der Waals surface area contributed by atoms with Crippen LogP contribution in [0.5, 0.6) is 0 Å². The zero-order valence-electron chi connectivity index (χ0n) is 12.5. The van der Waals surface area contributed by atoms with Gasteiger partial charge in [0.05, 0.1) is 5.92 Å². The van der Waals surface area contributed by atoms with Gasteiger partial charge in [0.2, 0.25) is 11.8 Å². The van der Waals surface area contributed by atoms with Crippen molar-refractivity contribution in [2.75, 3.05) is 13.1 Å². The SMILES string of the molecule is CC(C)CN1CC(C(=O)N[C@@H](C(=O)O)C(C)C)CC1=O. The number of likely N-dealkylation sites (tertiary alicyclic amines) is 1. The quantitative estimate of drug-likeness (QED) is 0.752. The minimum absolute atomic E-state index is 0.0322. The molecule has 0 aromatic carbocycles. The van der Waals surface area contributed by atoms with E-state index < -0.39 is 17.9 Å². The Morgan fingerprint density at radius 1 is 1.35 bits per heavy atom. The van der Waals surface area contributed by atoms with Gasteiger partial charge in [-0.3, -0.25) is 9.59 Å². The number of rotatable bonds is 6. The molecule has 0 spiro atoms. The Balaban J connectivity index is 2.61. The van der Waals surface area contributed by atoms with E-state index in [1.807, 2.05) is 13.8 Å². The van der Waals surface area contributed by atoms with Crippen molar-refractivity contribution in [1.82, 2.24) is 10.2 Å². The maximum absolute atomic E-state index is 12.1. The van der Waals surface area contributed by atoms with Gasteiger partial charge < -0.3 is 15.3 Å². The summed E-state index contributed by atoms with van der Waals surface area (Å²) in [5, 5.41) is 11.6. The van der Waals surface area contributed by atoms with Crippen LogP contribution >= 0.6 is 0 Å². The van der Waals surface area contributed by atoms with Crippen molar-refractivity contribution in [2.45, 2.75) is 40.2 Å². The van der Waals surface area contributed by atoms with Crippen molar-refractivity contribution in [3.8, 4) is 0 Å². The molecule has 0 aromatic rings. The first-order valence-corrected chi connectivity index (χ1v) is 7.03. The number of nitrogens with one attached hydrogen (secondary N) is 1. The Kier molecular flexibility index (Phi) is 5.53. The Bertz CT molecular complexity index is 393. The first-order chi connectivity index (χ1) is 9.22. The number of nitrogens with zero attached hydrogens (tertiary/aromatic N) is 1. The van der Waals surface area contributed by atoms with Crippen LogP contribution in [-0.4, -0.2) is 46.9 Å². The summed E-state index contributed by atoms with van der Waals surface area (Å²) in [5.41, 5.74) is 0. The summed E-state index contributed by atoms with van der Waals surface area (Å²) in [7, 11) is 0. The van der Waals surface area contributed by atoms with Crippen molar-refractivity contribution < 1.29 is 19.5 Å². The number of amides is 2. The molecule has 1 rings (SSSR count). The molecule has 2 atom stereocenters. The van der Waals surface area contributed by atoms with E-state index in [2.05, 4.69) is 5.32 Å². The molecular formula is C14H24N2O4. The largest absolute Gasteiger partial charge is 0.480 e. The van der Waals surface area contributed by atoms with Crippen LogP contribution in [0.2, 0.25) is 0 Å². The summed E-state index contributed by atoms with van der Waals surface area (Å²) in [6, 6.07) is -0.906. The molecule has 0 radical (unpaired) electrons. The molecule has 1 saturated heterocycles. The van der Waals surface area contributed by atoms with E-state index in [1.54, 1.807) is 18.7 Å². The fourth-order valence-electron chi connectivity index (χ4n) is 2.35. The minimum Gasteiger partial charge on any atom is -0.480 e. The number of aliphatic carboxylic acids is 1. The molecule has 1 aliphatic rings. The average molecular weight is 284 g/mol. The van der Waals surface area contributed by atoms with E-state index in [4.69, 9.17) is 5.11 Å². The van der Waals surface area contributed by atoms with E-state index in [0.29, 0.717) is 19.0 Å². The summed E-state index contributed by atoms with van der Waals surface area (Å²) in [6.07, 6.45) is 0.170. The van der Waals surface area contributed by atoms with E-state index in [-0.39, 0.29) is 24.2 Å². The van der Waals surface area contributed by atoms with Gasteiger partial charge in [-0.2, -0.15) is 0 Å². The molecule has 0 aromatic heterocycles. The van der Waals surface area contributed by atoms with Crippen LogP contribution in [0.3, 0.4) is 0 Å². The van der Waals surface area contributed by atoms with Crippen LogP contribution < -0.4 is 5.32 Å². The lowest BCUT2D eigenvalue weighted by Gasteiger charge is -2.21. The Hall–Kier alpha value is -1.59. The third-order valence-corrected chi connectivity index (χ3v) is 3.40. The summed E-state index contributed by atoms with van der Waals surface area (Å²) in [6.45, 7) is 8.52. The third-order valence-electron chi connectivity index (χ3n) is 3.40. The molecule has 6 heteroatoms. The lowest BCUT2D eigenvalue weighted by atomic mass is 10.0. The summed E-state index contributed by atoms with van der Waals surface area (Å²) >= 11 is 0. The average Bonchev–Trinajstić information content (AvgIpc) is 2.66. The second-order valence-electron chi connectivity index (χ2n) is 6.16.